The second kappa shape index (κ2) is 3.67. The van der Waals surface area contributed by atoms with Gasteiger partial charge in [-0.05, 0) is 0 Å². The zero-order chi connectivity index (χ0) is 8.85. The molecule has 0 aliphatic rings. The molecule has 6 heteroatoms. The summed E-state index contributed by atoms with van der Waals surface area (Å²) in [6.07, 6.45) is 0. The predicted molar refractivity (Wildman–Crippen MR) is 34.3 cm³/mol. The molecule has 0 unspecified atom stereocenters. The Morgan fingerprint density at radius 3 is 2.80 bits per heavy atom. The van der Waals surface area contributed by atoms with Gasteiger partial charge in [0.15, 0.2) is 13.4 Å². The Morgan fingerprint density at radius 1 is 1.90 bits per heavy atom. The number of aliphatic imine (C=N–C) groups is 1. The van der Waals surface area contributed by atoms with E-state index in [0.717, 1.165) is 0 Å². The standard InChI is InChI=1S/C4H9N3O3/c5-4(6)7-2(1-8)3(9)10/h2,8H,1H2,(H,9,10)(H4,5,6,7)/t2-/m0/s1/i/hD. The molecule has 0 amide bonds. The molecule has 1 atom stereocenters. The van der Waals surface area contributed by atoms with Crippen LogP contribution in [0.3, 0.4) is 0 Å². The van der Waals surface area contributed by atoms with Gasteiger partial charge in [-0.15, -0.1) is 0 Å². The van der Waals surface area contributed by atoms with Crippen LogP contribution in [0.15, 0.2) is 4.99 Å². The average molecular weight is 148 g/mol. The van der Waals surface area contributed by atoms with Crippen molar-refractivity contribution in [3.05, 3.63) is 0 Å². The van der Waals surface area contributed by atoms with Gasteiger partial charge in [0.25, 0.3) is 0 Å². The molecule has 0 radical (unpaired) electrons. The van der Waals surface area contributed by atoms with Gasteiger partial charge < -0.3 is 21.7 Å². The third kappa shape index (κ3) is 2.88. The summed E-state index contributed by atoms with van der Waals surface area (Å²) in [4.78, 5) is 13.4. The van der Waals surface area contributed by atoms with Crippen LogP contribution in [0.2, 0.25) is 1.41 Å². The van der Waals surface area contributed by atoms with E-state index in [2.05, 4.69) is 4.99 Å². The van der Waals surface area contributed by atoms with Crippen LogP contribution >= 0.6 is 0 Å². The van der Waals surface area contributed by atoms with Crippen molar-refractivity contribution in [1.82, 2.24) is 0 Å². The minimum Gasteiger partial charge on any atom is -0.480 e. The molecule has 6 N–H and O–H groups in total. The number of hydrogen-bond acceptors (Lipinski definition) is 3. The number of nitrogens with two attached hydrogens (primary N) is 2. The number of guanidine groups is 1. The van der Waals surface area contributed by atoms with Gasteiger partial charge in [-0.1, -0.05) is 0 Å². The Hall–Kier alpha value is -1.30. The van der Waals surface area contributed by atoms with Crippen molar-refractivity contribution in [3.63, 3.8) is 0 Å². The van der Waals surface area contributed by atoms with Crippen molar-refractivity contribution in [3.8, 4) is 0 Å². The van der Waals surface area contributed by atoms with Gasteiger partial charge in [-0.25, -0.2) is 9.79 Å². The number of aliphatic carboxylic acids is 1. The zero-order valence-electron chi connectivity index (χ0n) is 6.11. The first-order valence-corrected chi connectivity index (χ1v) is 2.46. The van der Waals surface area contributed by atoms with Crippen LogP contribution in [0.1, 0.15) is 0 Å². The highest BCUT2D eigenvalue weighted by atomic mass is 16.4. The van der Waals surface area contributed by atoms with E-state index in [0.29, 0.717) is 0 Å². The third-order valence-corrected chi connectivity index (χ3v) is 0.753. The molecule has 0 aromatic heterocycles. The predicted octanol–water partition coefficient (Wildman–Crippen LogP) is -2.29. The first-order chi connectivity index (χ1) is 5.11. The molecule has 0 aromatic carbocycles. The molecule has 0 saturated carbocycles. The monoisotopic (exact) mass is 148 g/mol. The molecule has 0 bridgehead atoms. The molecule has 0 heterocycles. The zero-order valence-corrected chi connectivity index (χ0v) is 5.11. The van der Waals surface area contributed by atoms with E-state index in [1.165, 1.54) is 0 Å². The third-order valence-electron chi connectivity index (χ3n) is 0.753. The van der Waals surface area contributed by atoms with Gasteiger partial charge in [0.2, 0.25) is 0 Å². The van der Waals surface area contributed by atoms with Crippen molar-refractivity contribution < 1.29 is 16.4 Å². The Morgan fingerprint density at radius 2 is 2.50 bits per heavy atom. The summed E-state index contributed by atoms with van der Waals surface area (Å²) in [6.45, 7) is -0.641. The highest BCUT2D eigenvalue weighted by Crippen LogP contribution is 1.87. The number of carboxylic acid groups (broad SMARTS) is 1. The Labute approximate surface area is 58.6 Å². The number of rotatable bonds is 3. The minimum absolute atomic E-state index is 0.341. The van der Waals surface area contributed by atoms with Crippen LogP contribution in [0.4, 0.5) is 0 Å². The summed E-state index contributed by atoms with van der Waals surface area (Å²) < 4.78 is 6.44. The molecule has 6 nitrogen and oxygen atoms in total. The topological polar surface area (TPSA) is 122 Å². The molecule has 0 aromatic rings. The molecule has 0 fully saturated rings. The molecule has 0 aliphatic carbocycles. The minimum atomic E-state index is -1.30. The number of aliphatic hydroxyl groups is 1. The summed E-state index contributed by atoms with van der Waals surface area (Å²) in [5.74, 6) is -1.63. The number of aliphatic hydroxyl groups excluding tert-OH is 1. The molecular formula is C4H9N3O3. The van der Waals surface area contributed by atoms with E-state index in [-0.39, 0.29) is 5.96 Å². The van der Waals surface area contributed by atoms with Gasteiger partial charge in [0.05, 0.1) is 6.61 Å². The van der Waals surface area contributed by atoms with Crippen LogP contribution < -0.4 is 11.5 Å². The fraction of sp³-hybridized carbons (Fsp3) is 0.500. The maximum absolute atomic E-state index is 10.2. The first kappa shape index (κ1) is 6.81. The lowest BCUT2D eigenvalue weighted by Crippen LogP contribution is -2.30. The van der Waals surface area contributed by atoms with Crippen LogP contribution in [-0.4, -0.2) is 34.8 Å². The quantitative estimate of drug-likeness (QED) is 0.265. The summed E-state index contributed by atoms with van der Waals surface area (Å²) in [5, 5.41) is 16.7. The van der Waals surface area contributed by atoms with E-state index in [4.69, 9.17) is 17.4 Å². The summed E-state index contributed by atoms with van der Waals surface area (Å²) in [5.41, 5.74) is 6.65. The fourth-order valence-corrected chi connectivity index (χ4v) is 0.342. The maximum Gasteiger partial charge on any atom is 0.330 e. The molecular weight excluding hydrogens is 138 g/mol. The van der Waals surface area contributed by atoms with Crippen molar-refractivity contribution in [2.24, 2.45) is 16.5 Å². The summed E-state index contributed by atoms with van der Waals surface area (Å²) in [7, 11) is 0. The molecule has 0 rings (SSSR count). The number of carbonyl (C=O) groups is 1. The average Bonchev–Trinajstić information content (AvgIpc) is 1.99. The summed E-state index contributed by atoms with van der Waals surface area (Å²) in [6, 6.07) is -1.30. The van der Waals surface area contributed by atoms with Crippen LogP contribution in [0.5, 0.6) is 0 Å². The van der Waals surface area contributed by atoms with Crippen LogP contribution in [0.25, 0.3) is 0 Å². The molecule has 0 aliphatic heterocycles. The van der Waals surface area contributed by atoms with Crippen molar-refractivity contribution >= 4 is 11.9 Å². The smallest absolute Gasteiger partial charge is 0.330 e. The second-order valence-electron chi connectivity index (χ2n) is 1.55. The molecule has 0 saturated heterocycles. The van der Waals surface area contributed by atoms with E-state index < -0.39 is 18.6 Å². The van der Waals surface area contributed by atoms with Gasteiger partial charge in [-0.3, -0.25) is 0 Å². The highest BCUT2D eigenvalue weighted by molar-refractivity contribution is 5.81. The van der Waals surface area contributed by atoms with E-state index in [1.807, 2.05) is 0 Å². The Kier molecular flexibility index (Phi) is 2.50. The van der Waals surface area contributed by atoms with Gasteiger partial charge in [-0.2, -0.15) is 0 Å². The maximum atomic E-state index is 10.2. The van der Waals surface area contributed by atoms with Gasteiger partial charge in [0, 0.05) is 0 Å². The van der Waals surface area contributed by atoms with Gasteiger partial charge >= 0.3 is 5.97 Å². The van der Waals surface area contributed by atoms with Crippen LogP contribution in [0, 0.1) is 0 Å². The molecule has 0 spiro atoms. The molecule has 58 valence electrons. The lowest BCUT2D eigenvalue weighted by atomic mass is 10.3. The number of nitrogens with zero attached hydrogens (tertiary/aromatic N) is 1. The van der Waals surface area contributed by atoms with E-state index in [1.54, 1.807) is 5.73 Å². The van der Waals surface area contributed by atoms with E-state index >= 15 is 0 Å². The largest absolute Gasteiger partial charge is 0.480 e. The fourth-order valence-electron chi connectivity index (χ4n) is 0.342. The molecule has 10 heavy (non-hydrogen) atoms. The first-order valence-electron chi connectivity index (χ1n) is 2.96. The summed E-state index contributed by atoms with van der Waals surface area (Å²) >= 11 is 0. The van der Waals surface area contributed by atoms with Crippen molar-refractivity contribution in [2.75, 3.05) is 6.61 Å². The Bertz CT molecular complexity index is 172. The number of hydrogen-bond donors (Lipinski definition) is 4. The van der Waals surface area contributed by atoms with Crippen LogP contribution in [-0.2, 0) is 4.79 Å². The SMILES string of the molecule is [2H]NC(N)=N[C@@H](CO)C(=O)O. The lowest BCUT2D eigenvalue weighted by Gasteiger charge is -2.01. The second-order valence-corrected chi connectivity index (χ2v) is 1.55. The van der Waals surface area contributed by atoms with E-state index in [9.17, 15) is 4.79 Å². The van der Waals surface area contributed by atoms with Crippen molar-refractivity contribution in [1.29, 1.82) is 0 Å². The lowest BCUT2D eigenvalue weighted by molar-refractivity contribution is -0.139. The number of carboxylic acids is 1. The van der Waals surface area contributed by atoms with Gasteiger partial charge in [0.1, 0.15) is 0 Å². The normalized spacial score (nSPS) is 15.7. The highest BCUT2D eigenvalue weighted by Gasteiger charge is 2.13. The Balaban J connectivity index is 4.17. The van der Waals surface area contributed by atoms with Crippen molar-refractivity contribution in [2.45, 2.75) is 6.04 Å².